The summed E-state index contributed by atoms with van der Waals surface area (Å²) in [7, 11) is 0. The Morgan fingerprint density at radius 2 is 2.05 bits per heavy atom. The summed E-state index contributed by atoms with van der Waals surface area (Å²) in [6.45, 7) is 10.5. The van der Waals surface area contributed by atoms with Crippen molar-refractivity contribution >= 4 is 40.1 Å². The number of rotatable bonds is 8. The van der Waals surface area contributed by atoms with E-state index >= 15 is 0 Å². The average Bonchev–Trinajstić information content (AvgIpc) is 3.71. The maximum absolute atomic E-state index is 12.6. The number of hydrogen-bond acceptors (Lipinski definition) is 8. The highest BCUT2D eigenvalue weighted by Crippen LogP contribution is 2.28. The molecule has 10 nitrogen and oxygen atoms in total. The monoisotopic (exact) mass is 593 g/mol. The van der Waals surface area contributed by atoms with Gasteiger partial charge in [-0.3, -0.25) is 18.8 Å². The maximum Gasteiger partial charge on any atom is 0.211 e. The molecule has 1 aromatic carbocycles. The third kappa shape index (κ3) is 6.97. The molecule has 1 aliphatic rings. The maximum atomic E-state index is 12.6. The molecular weight excluding hydrogens is 560 g/mol. The lowest BCUT2D eigenvalue weighted by Gasteiger charge is -2.30. The molecule has 6 rings (SSSR count). The van der Waals surface area contributed by atoms with Crippen LogP contribution >= 0.6 is 11.5 Å². The number of carbonyl (C=O) groups excluding carboxylic acids is 1. The van der Waals surface area contributed by atoms with Gasteiger partial charge in [0.25, 0.3) is 0 Å². The topological polar surface area (TPSA) is 105 Å². The Morgan fingerprint density at radius 3 is 2.79 bits per heavy atom. The quantitative estimate of drug-likeness (QED) is 0.216. The highest BCUT2D eigenvalue weighted by molar-refractivity contribution is 7.10. The van der Waals surface area contributed by atoms with Crippen molar-refractivity contribution in [1.29, 1.82) is 0 Å². The summed E-state index contributed by atoms with van der Waals surface area (Å²) in [5.74, 6) is 0.0702. The minimum Gasteiger partial charge on any atom is -0.328 e. The van der Waals surface area contributed by atoms with Gasteiger partial charge < -0.3 is 10.6 Å². The number of imidazole rings is 1. The first-order chi connectivity index (χ1) is 20.3. The van der Waals surface area contributed by atoms with E-state index in [0.29, 0.717) is 12.5 Å². The summed E-state index contributed by atoms with van der Waals surface area (Å²) >= 11 is 1.48. The van der Waals surface area contributed by atoms with E-state index in [4.69, 9.17) is 4.98 Å². The number of hydrogen-bond donors (Lipinski definition) is 2. The van der Waals surface area contributed by atoms with E-state index < -0.39 is 11.6 Å². The number of nitrogens with one attached hydrogen (secondary N) is 2. The van der Waals surface area contributed by atoms with Crippen LogP contribution in [0.3, 0.4) is 0 Å². The minimum atomic E-state index is -0.780. The fraction of sp³-hybridized carbons (Fsp3) is 0.345. The van der Waals surface area contributed by atoms with Gasteiger partial charge in [0.15, 0.2) is 11.5 Å². The Kier molecular flexibility index (Phi) is 9.18. The Labute approximate surface area is 246 Å². The van der Waals surface area contributed by atoms with Gasteiger partial charge >= 0.3 is 0 Å². The third-order valence-corrected chi connectivity index (χ3v) is 7.68. The van der Waals surface area contributed by atoms with Crippen LogP contribution in [0.2, 0.25) is 0 Å². The number of piperidine rings is 1. The predicted octanol–water partition coefficient (Wildman–Crippen LogP) is 5.89. The molecule has 5 heterocycles. The Bertz CT molecular complexity index is 1660. The van der Waals surface area contributed by atoms with Crippen LogP contribution in [0.25, 0.3) is 16.9 Å². The van der Waals surface area contributed by atoms with Gasteiger partial charge in [0, 0.05) is 43.7 Å². The molecule has 0 saturated carbocycles. The van der Waals surface area contributed by atoms with Crippen molar-refractivity contribution < 1.29 is 13.6 Å². The van der Waals surface area contributed by atoms with Crippen molar-refractivity contribution in [3.63, 3.8) is 0 Å². The van der Waals surface area contributed by atoms with E-state index in [9.17, 15) is 13.6 Å². The highest BCUT2D eigenvalue weighted by atomic mass is 32.1. The van der Waals surface area contributed by atoms with E-state index in [1.54, 1.807) is 0 Å². The zero-order valence-electron chi connectivity index (χ0n) is 23.7. The zero-order valence-corrected chi connectivity index (χ0v) is 24.5. The van der Waals surface area contributed by atoms with Crippen molar-refractivity contribution in [2.24, 2.45) is 5.92 Å². The molecule has 0 bridgehead atoms. The second kappa shape index (κ2) is 13.2. The average molecular weight is 594 g/mol. The minimum absolute atomic E-state index is 0.0265. The third-order valence-electron chi connectivity index (χ3n) is 6.94. The number of nitrogens with zero attached hydrogens (tertiary/aromatic N) is 7. The van der Waals surface area contributed by atoms with Gasteiger partial charge in [0.2, 0.25) is 6.41 Å². The first-order valence-electron chi connectivity index (χ1n) is 13.8. The van der Waals surface area contributed by atoms with Gasteiger partial charge in [-0.25, -0.2) is 18.7 Å². The van der Waals surface area contributed by atoms with Crippen molar-refractivity contribution in [2.75, 3.05) is 23.7 Å². The summed E-state index contributed by atoms with van der Waals surface area (Å²) in [6, 6.07) is 5.05. The molecule has 2 N–H and O–H groups in total. The van der Waals surface area contributed by atoms with Gasteiger partial charge in [0.1, 0.15) is 16.6 Å². The van der Waals surface area contributed by atoms with Crippen molar-refractivity contribution in [2.45, 2.75) is 46.7 Å². The van der Waals surface area contributed by atoms with Crippen LogP contribution in [0.5, 0.6) is 0 Å². The largest absolute Gasteiger partial charge is 0.328 e. The molecule has 1 amide bonds. The van der Waals surface area contributed by atoms with Crippen LogP contribution in [0.1, 0.15) is 38.1 Å². The SMILES string of the molecule is CCn1cc(-c2cnc3c(Nc4cc(CN5CCCC(C)C5)ns4)nc(C)cn23)cn1.O=CNc1ccc(F)cc1F. The number of likely N-dealkylation sites (tertiary alicyclic amines) is 1. The fourth-order valence-electron chi connectivity index (χ4n) is 4.97. The van der Waals surface area contributed by atoms with Crippen molar-refractivity contribution in [1.82, 2.24) is 33.4 Å². The van der Waals surface area contributed by atoms with Crippen LogP contribution in [0, 0.1) is 24.5 Å². The van der Waals surface area contributed by atoms with Crippen LogP contribution < -0.4 is 10.6 Å². The van der Waals surface area contributed by atoms with Gasteiger partial charge in [-0.1, -0.05) is 6.92 Å². The van der Waals surface area contributed by atoms with E-state index in [0.717, 1.165) is 83.3 Å². The van der Waals surface area contributed by atoms with Gasteiger partial charge in [-0.15, -0.1) is 0 Å². The molecule has 1 saturated heterocycles. The second-order valence-electron chi connectivity index (χ2n) is 10.3. The van der Waals surface area contributed by atoms with Gasteiger partial charge in [-0.05, 0) is 68.9 Å². The molecule has 220 valence electrons. The summed E-state index contributed by atoms with van der Waals surface area (Å²) in [4.78, 5) is 21.7. The molecule has 5 aromatic rings. The molecule has 0 aliphatic carbocycles. The van der Waals surface area contributed by atoms with E-state index in [2.05, 4.69) is 54.3 Å². The molecule has 42 heavy (non-hydrogen) atoms. The number of benzene rings is 1. The Morgan fingerprint density at radius 1 is 1.19 bits per heavy atom. The summed E-state index contributed by atoms with van der Waals surface area (Å²) in [5.41, 5.74) is 4.85. The summed E-state index contributed by atoms with van der Waals surface area (Å²) in [5, 5.41) is 10.9. The van der Waals surface area contributed by atoms with E-state index in [1.165, 1.54) is 24.4 Å². The normalized spacial score (nSPS) is 15.3. The van der Waals surface area contributed by atoms with E-state index in [-0.39, 0.29) is 5.69 Å². The lowest BCUT2D eigenvalue weighted by Crippen LogP contribution is -2.33. The molecule has 13 heteroatoms. The number of aryl methyl sites for hydroxylation is 2. The molecule has 1 aliphatic heterocycles. The fourth-order valence-corrected chi connectivity index (χ4v) is 5.62. The van der Waals surface area contributed by atoms with Crippen LogP contribution in [-0.4, -0.2) is 52.9 Å². The molecule has 1 fully saturated rings. The molecule has 0 spiro atoms. The van der Waals surface area contributed by atoms with E-state index in [1.807, 2.05) is 36.4 Å². The second-order valence-corrected chi connectivity index (χ2v) is 11.1. The standard InChI is InChI=1S/C22H28N8S.C7H5F2NO/c1-4-29-13-17(9-24-29)19-10-23-22-21(25-16(3)12-30(19)22)26-20-8-18(27-31-20)14-28-7-5-6-15(2)11-28;8-5-1-2-7(10-4-11)6(9)3-5/h8-10,12-13,15H,4-7,11,14H2,1-3H3,(H,25,26);1-4H,(H,10,11). The van der Waals surface area contributed by atoms with Crippen molar-refractivity contribution in [3.05, 3.63) is 72.1 Å². The number of carbonyl (C=O) groups is 1. The number of amides is 1. The summed E-state index contributed by atoms with van der Waals surface area (Å²) < 4.78 is 33.5. The van der Waals surface area contributed by atoms with Gasteiger partial charge in [-0.2, -0.15) is 9.47 Å². The molecule has 1 atom stereocenters. The number of halogens is 2. The van der Waals surface area contributed by atoms with Crippen molar-refractivity contribution in [3.8, 4) is 11.3 Å². The first kappa shape index (κ1) is 29.3. The molecule has 1 unspecified atom stereocenters. The lowest BCUT2D eigenvalue weighted by molar-refractivity contribution is -0.105. The van der Waals surface area contributed by atoms with Gasteiger partial charge in [0.05, 0.1) is 35.2 Å². The number of fused-ring (bicyclic) bond motifs is 1. The molecular formula is C29H33F2N9OS. The molecule has 0 radical (unpaired) electrons. The van der Waals surface area contributed by atoms with Crippen LogP contribution in [-0.2, 0) is 17.9 Å². The smallest absolute Gasteiger partial charge is 0.211 e. The number of aromatic nitrogens is 6. The molecule has 4 aromatic heterocycles. The van der Waals surface area contributed by atoms with Crippen LogP contribution in [0.15, 0.2) is 49.1 Å². The van der Waals surface area contributed by atoms with Crippen LogP contribution in [0.4, 0.5) is 25.3 Å². The first-order valence-corrected chi connectivity index (χ1v) is 14.6. The Balaban J connectivity index is 0.000000271. The lowest BCUT2D eigenvalue weighted by atomic mass is 10.0. The zero-order chi connectivity index (χ0) is 29.6. The number of anilines is 3. The highest BCUT2D eigenvalue weighted by Gasteiger charge is 2.18. The predicted molar refractivity (Wildman–Crippen MR) is 160 cm³/mol. The summed E-state index contributed by atoms with van der Waals surface area (Å²) in [6.07, 6.45) is 10.8. The Hall–Kier alpha value is -4.23.